The van der Waals surface area contributed by atoms with Gasteiger partial charge in [0.1, 0.15) is 17.1 Å². The van der Waals surface area contributed by atoms with Crippen LogP contribution in [0.25, 0.3) is 0 Å². The smallest absolute Gasteiger partial charge is 0.191 e. The largest absolute Gasteiger partial charge is 0.497 e. The predicted octanol–water partition coefficient (Wildman–Crippen LogP) is 2.25. The van der Waals surface area contributed by atoms with Crippen LogP contribution in [0.15, 0.2) is 64.5 Å². The summed E-state index contributed by atoms with van der Waals surface area (Å²) in [5.41, 5.74) is 0.817. The Kier molecular flexibility index (Phi) is 7.72. The third-order valence-electron chi connectivity index (χ3n) is 4.98. The van der Waals surface area contributed by atoms with E-state index in [-0.39, 0.29) is 6.54 Å². The molecule has 2 aromatic heterocycles. The molecular formula is C23H31N5O3. The monoisotopic (exact) mass is 425 g/mol. The van der Waals surface area contributed by atoms with Crippen molar-refractivity contribution >= 4 is 5.96 Å². The highest BCUT2D eigenvalue weighted by atomic mass is 16.5. The second-order valence-corrected chi connectivity index (χ2v) is 7.62. The number of benzene rings is 1. The molecule has 1 aromatic carbocycles. The fraction of sp³-hybridized carbons (Fsp3) is 0.391. The summed E-state index contributed by atoms with van der Waals surface area (Å²) >= 11 is 0. The highest BCUT2D eigenvalue weighted by Gasteiger charge is 2.24. The van der Waals surface area contributed by atoms with Gasteiger partial charge < -0.3 is 24.9 Å². The summed E-state index contributed by atoms with van der Waals surface area (Å²) in [7, 11) is 3.49. The second kappa shape index (κ2) is 10.7. The average molecular weight is 426 g/mol. The van der Waals surface area contributed by atoms with Crippen LogP contribution in [0.5, 0.6) is 5.75 Å². The SMILES string of the molecule is COc1ccc(CCNC(=NCC(C)(O)c2cnn(C)c2)NCCc2ccco2)cc1. The lowest BCUT2D eigenvalue weighted by Gasteiger charge is -2.20. The molecule has 31 heavy (non-hydrogen) atoms. The number of aryl methyl sites for hydroxylation is 1. The van der Waals surface area contributed by atoms with Crippen LogP contribution in [0.1, 0.15) is 23.8 Å². The number of rotatable bonds is 10. The zero-order valence-electron chi connectivity index (χ0n) is 18.3. The number of furan rings is 1. The quantitative estimate of drug-likeness (QED) is 0.341. The number of aliphatic hydroxyl groups is 1. The minimum atomic E-state index is -1.11. The molecule has 2 heterocycles. The second-order valence-electron chi connectivity index (χ2n) is 7.62. The standard InChI is InChI=1S/C23H31N5O3/c1-23(29,19-15-27-28(2)16-19)17-26-22(25-13-11-21-5-4-14-31-21)24-12-10-18-6-8-20(30-3)9-7-18/h4-9,14-16,29H,10-13,17H2,1-3H3,(H2,24,25,26). The lowest BCUT2D eigenvalue weighted by molar-refractivity contribution is 0.0672. The van der Waals surface area contributed by atoms with Crippen molar-refractivity contribution in [1.82, 2.24) is 20.4 Å². The Morgan fingerprint density at radius 1 is 1.19 bits per heavy atom. The Hall–Kier alpha value is -3.26. The number of guanidine groups is 1. The van der Waals surface area contributed by atoms with Gasteiger partial charge in [0.25, 0.3) is 0 Å². The number of hydrogen-bond donors (Lipinski definition) is 3. The van der Waals surface area contributed by atoms with Gasteiger partial charge in [0, 0.05) is 38.3 Å². The molecule has 0 saturated carbocycles. The van der Waals surface area contributed by atoms with E-state index < -0.39 is 5.60 Å². The molecular weight excluding hydrogens is 394 g/mol. The predicted molar refractivity (Wildman–Crippen MR) is 120 cm³/mol. The van der Waals surface area contributed by atoms with Gasteiger partial charge in [-0.1, -0.05) is 12.1 Å². The summed E-state index contributed by atoms with van der Waals surface area (Å²) in [5, 5.41) is 21.6. The topological polar surface area (TPSA) is 96.8 Å². The van der Waals surface area contributed by atoms with Gasteiger partial charge in [-0.25, -0.2) is 4.99 Å². The van der Waals surface area contributed by atoms with Gasteiger partial charge in [0.15, 0.2) is 5.96 Å². The summed E-state index contributed by atoms with van der Waals surface area (Å²) in [6.07, 6.45) is 6.71. The summed E-state index contributed by atoms with van der Waals surface area (Å²) in [4.78, 5) is 4.62. The van der Waals surface area contributed by atoms with Crippen molar-refractivity contribution in [3.63, 3.8) is 0 Å². The molecule has 8 heteroatoms. The highest BCUT2D eigenvalue weighted by Crippen LogP contribution is 2.19. The van der Waals surface area contributed by atoms with Crippen LogP contribution in [0.3, 0.4) is 0 Å². The van der Waals surface area contributed by atoms with E-state index in [0.29, 0.717) is 19.0 Å². The Morgan fingerprint density at radius 2 is 1.94 bits per heavy atom. The summed E-state index contributed by atoms with van der Waals surface area (Å²) < 4.78 is 12.3. The number of ether oxygens (including phenoxy) is 1. The number of aromatic nitrogens is 2. The van der Waals surface area contributed by atoms with Gasteiger partial charge >= 0.3 is 0 Å². The van der Waals surface area contributed by atoms with Crippen LogP contribution in [0.4, 0.5) is 0 Å². The Bertz CT molecular complexity index is 946. The fourth-order valence-electron chi connectivity index (χ4n) is 3.07. The zero-order chi connectivity index (χ0) is 22.1. The molecule has 0 aliphatic heterocycles. The van der Waals surface area contributed by atoms with Crippen molar-refractivity contribution in [2.75, 3.05) is 26.7 Å². The number of nitrogens with zero attached hydrogens (tertiary/aromatic N) is 3. The van der Waals surface area contributed by atoms with Crippen molar-refractivity contribution in [1.29, 1.82) is 0 Å². The minimum Gasteiger partial charge on any atom is -0.497 e. The molecule has 3 aromatic rings. The van der Waals surface area contributed by atoms with E-state index >= 15 is 0 Å². The van der Waals surface area contributed by atoms with Gasteiger partial charge in [-0.3, -0.25) is 4.68 Å². The molecule has 3 rings (SSSR count). The average Bonchev–Trinajstić information content (AvgIpc) is 3.44. The fourth-order valence-corrected chi connectivity index (χ4v) is 3.07. The van der Waals surface area contributed by atoms with E-state index in [4.69, 9.17) is 9.15 Å². The summed E-state index contributed by atoms with van der Waals surface area (Å²) in [5.74, 6) is 2.40. The van der Waals surface area contributed by atoms with Crippen molar-refractivity contribution in [2.45, 2.75) is 25.4 Å². The molecule has 0 aliphatic carbocycles. The van der Waals surface area contributed by atoms with E-state index in [1.54, 1.807) is 37.4 Å². The lowest BCUT2D eigenvalue weighted by Crippen LogP contribution is -2.40. The molecule has 0 saturated heterocycles. The molecule has 3 N–H and O–H groups in total. The van der Waals surface area contributed by atoms with E-state index in [1.807, 2.05) is 31.3 Å². The third-order valence-corrected chi connectivity index (χ3v) is 4.98. The number of hydrogen-bond acceptors (Lipinski definition) is 5. The van der Waals surface area contributed by atoms with Crippen molar-refractivity contribution < 1.29 is 14.3 Å². The molecule has 166 valence electrons. The van der Waals surface area contributed by atoms with Gasteiger partial charge in [0.2, 0.25) is 0 Å². The molecule has 0 spiro atoms. The summed E-state index contributed by atoms with van der Waals surface area (Å²) in [6, 6.07) is 11.8. The molecule has 1 unspecified atom stereocenters. The van der Waals surface area contributed by atoms with Gasteiger partial charge in [-0.15, -0.1) is 0 Å². The number of nitrogens with one attached hydrogen (secondary N) is 2. The molecule has 0 bridgehead atoms. The van der Waals surface area contributed by atoms with Gasteiger partial charge in [-0.2, -0.15) is 5.10 Å². The lowest BCUT2D eigenvalue weighted by atomic mass is 10.0. The first-order valence-electron chi connectivity index (χ1n) is 10.4. The highest BCUT2D eigenvalue weighted by molar-refractivity contribution is 5.79. The minimum absolute atomic E-state index is 0.206. The van der Waals surface area contributed by atoms with Crippen molar-refractivity contribution in [3.05, 3.63) is 71.9 Å². The molecule has 0 amide bonds. The van der Waals surface area contributed by atoms with E-state index in [9.17, 15) is 5.11 Å². The van der Waals surface area contributed by atoms with Crippen LogP contribution >= 0.6 is 0 Å². The van der Waals surface area contributed by atoms with Crippen LogP contribution in [0.2, 0.25) is 0 Å². The van der Waals surface area contributed by atoms with E-state index in [0.717, 1.165) is 29.9 Å². The van der Waals surface area contributed by atoms with Crippen molar-refractivity contribution in [2.24, 2.45) is 12.0 Å². The number of methoxy groups -OCH3 is 1. The van der Waals surface area contributed by atoms with Crippen LogP contribution in [-0.2, 0) is 25.5 Å². The van der Waals surface area contributed by atoms with Crippen LogP contribution in [-0.4, -0.2) is 47.6 Å². The maximum Gasteiger partial charge on any atom is 0.191 e. The first-order chi connectivity index (χ1) is 15.0. The molecule has 0 radical (unpaired) electrons. The zero-order valence-corrected chi connectivity index (χ0v) is 18.3. The normalized spacial score (nSPS) is 13.6. The Balaban J connectivity index is 1.59. The first kappa shape index (κ1) is 22.4. The number of aliphatic imine (C=N–C) groups is 1. The molecule has 0 fully saturated rings. The third kappa shape index (κ3) is 6.89. The maximum absolute atomic E-state index is 10.8. The van der Waals surface area contributed by atoms with Crippen molar-refractivity contribution in [3.8, 4) is 5.75 Å². The van der Waals surface area contributed by atoms with E-state index in [2.05, 4.69) is 32.9 Å². The molecule has 0 aliphatic rings. The van der Waals surface area contributed by atoms with Crippen LogP contribution in [0, 0.1) is 0 Å². The van der Waals surface area contributed by atoms with Crippen LogP contribution < -0.4 is 15.4 Å². The molecule has 8 nitrogen and oxygen atoms in total. The summed E-state index contributed by atoms with van der Waals surface area (Å²) in [6.45, 7) is 3.31. The van der Waals surface area contributed by atoms with Gasteiger partial charge in [0.05, 0.1) is 26.1 Å². The Labute approximate surface area is 182 Å². The maximum atomic E-state index is 10.8. The first-order valence-corrected chi connectivity index (χ1v) is 10.4. The molecule has 1 atom stereocenters. The Morgan fingerprint density at radius 3 is 2.55 bits per heavy atom. The van der Waals surface area contributed by atoms with E-state index in [1.165, 1.54) is 5.56 Å². The van der Waals surface area contributed by atoms with Gasteiger partial charge in [-0.05, 0) is 43.2 Å².